The van der Waals surface area contributed by atoms with Crippen molar-refractivity contribution in [2.75, 3.05) is 13.6 Å². The average molecular weight is 222 g/mol. The molecule has 0 saturated heterocycles. The number of amidine groups is 1. The van der Waals surface area contributed by atoms with Gasteiger partial charge in [0.15, 0.2) is 0 Å². The zero-order valence-electron chi connectivity index (χ0n) is 10.7. The maximum Gasteiger partial charge on any atom is 0.0986 e. The Morgan fingerprint density at radius 1 is 1.00 bits per heavy atom. The van der Waals surface area contributed by atoms with E-state index in [4.69, 9.17) is 5.41 Å². The Hall–Kier alpha value is -0.530. The first kappa shape index (κ1) is 11.9. The summed E-state index contributed by atoms with van der Waals surface area (Å²) in [6, 6.07) is 0. The number of rotatable bonds is 3. The monoisotopic (exact) mass is 222 g/mol. The lowest BCUT2D eigenvalue weighted by molar-refractivity contribution is 0.289. The van der Waals surface area contributed by atoms with E-state index in [-0.39, 0.29) is 0 Å². The predicted molar refractivity (Wildman–Crippen MR) is 68.9 cm³/mol. The molecular formula is C14H26N2. The SMILES string of the molecule is CN(CC1CCCCC1)C(=N)C1CCCC1. The molecule has 2 rings (SSSR count). The fourth-order valence-corrected chi connectivity index (χ4v) is 3.37. The van der Waals surface area contributed by atoms with Gasteiger partial charge in [0.2, 0.25) is 0 Å². The first-order chi connectivity index (χ1) is 7.77. The van der Waals surface area contributed by atoms with E-state index in [2.05, 4.69) is 11.9 Å². The number of hydrogen-bond donors (Lipinski definition) is 1. The predicted octanol–water partition coefficient (Wildman–Crippen LogP) is 3.67. The fraction of sp³-hybridized carbons (Fsp3) is 0.929. The van der Waals surface area contributed by atoms with Gasteiger partial charge < -0.3 is 4.90 Å². The van der Waals surface area contributed by atoms with Gasteiger partial charge in [0.05, 0.1) is 5.84 Å². The minimum atomic E-state index is 0.577. The van der Waals surface area contributed by atoms with E-state index in [9.17, 15) is 0 Å². The molecule has 2 saturated carbocycles. The molecule has 92 valence electrons. The van der Waals surface area contributed by atoms with Crippen molar-refractivity contribution in [3.05, 3.63) is 0 Å². The normalized spacial score (nSPS) is 23.6. The van der Waals surface area contributed by atoms with Gasteiger partial charge in [-0.15, -0.1) is 0 Å². The Morgan fingerprint density at radius 2 is 1.56 bits per heavy atom. The first-order valence-corrected chi connectivity index (χ1v) is 7.07. The van der Waals surface area contributed by atoms with Gasteiger partial charge in [-0.3, -0.25) is 5.41 Å². The quantitative estimate of drug-likeness (QED) is 0.572. The molecule has 2 fully saturated rings. The molecule has 0 aromatic heterocycles. The van der Waals surface area contributed by atoms with Gasteiger partial charge in [0, 0.05) is 19.5 Å². The third-order valence-electron chi connectivity index (χ3n) is 4.41. The summed E-state index contributed by atoms with van der Waals surface area (Å²) in [5, 5.41) is 8.24. The van der Waals surface area contributed by atoms with Gasteiger partial charge in [-0.2, -0.15) is 0 Å². The maximum atomic E-state index is 8.24. The smallest absolute Gasteiger partial charge is 0.0986 e. The fourth-order valence-electron chi connectivity index (χ4n) is 3.37. The summed E-state index contributed by atoms with van der Waals surface area (Å²) in [6.45, 7) is 1.13. The van der Waals surface area contributed by atoms with Crippen LogP contribution in [0.5, 0.6) is 0 Å². The van der Waals surface area contributed by atoms with Crippen LogP contribution < -0.4 is 0 Å². The lowest BCUT2D eigenvalue weighted by atomic mass is 9.89. The zero-order chi connectivity index (χ0) is 11.4. The van der Waals surface area contributed by atoms with E-state index in [1.54, 1.807) is 0 Å². The standard InChI is InChI=1S/C14H26N2/c1-16(11-12-7-3-2-4-8-12)14(15)13-9-5-6-10-13/h12-13,15H,2-11H2,1H3. The van der Waals surface area contributed by atoms with Gasteiger partial charge in [-0.05, 0) is 31.6 Å². The molecule has 0 unspecified atom stereocenters. The van der Waals surface area contributed by atoms with E-state index in [0.717, 1.165) is 18.3 Å². The second kappa shape index (κ2) is 5.70. The van der Waals surface area contributed by atoms with Gasteiger partial charge in [-0.1, -0.05) is 32.1 Å². The maximum absolute atomic E-state index is 8.24. The third kappa shape index (κ3) is 2.99. The molecule has 2 aliphatic rings. The summed E-state index contributed by atoms with van der Waals surface area (Å²) < 4.78 is 0. The molecule has 16 heavy (non-hydrogen) atoms. The van der Waals surface area contributed by atoms with Crippen molar-refractivity contribution in [1.82, 2.24) is 4.90 Å². The second-order valence-corrected chi connectivity index (χ2v) is 5.75. The minimum Gasteiger partial charge on any atom is -0.363 e. The molecule has 2 nitrogen and oxygen atoms in total. The van der Waals surface area contributed by atoms with Gasteiger partial charge >= 0.3 is 0 Å². The largest absolute Gasteiger partial charge is 0.363 e. The van der Waals surface area contributed by atoms with Crippen LogP contribution in [0.1, 0.15) is 57.8 Å². The Bertz CT molecular complexity index is 225. The first-order valence-electron chi connectivity index (χ1n) is 7.07. The number of nitrogens with one attached hydrogen (secondary N) is 1. The third-order valence-corrected chi connectivity index (χ3v) is 4.41. The van der Waals surface area contributed by atoms with Gasteiger partial charge in [0.25, 0.3) is 0 Å². The van der Waals surface area contributed by atoms with Gasteiger partial charge in [0.1, 0.15) is 0 Å². The van der Waals surface area contributed by atoms with E-state index in [0.29, 0.717) is 5.92 Å². The lowest BCUT2D eigenvalue weighted by Gasteiger charge is -2.30. The zero-order valence-corrected chi connectivity index (χ0v) is 10.7. The number of hydrogen-bond acceptors (Lipinski definition) is 1. The molecule has 0 aromatic rings. The highest BCUT2D eigenvalue weighted by Crippen LogP contribution is 2.28. The van der Waals surface area contributed by atoms with Crippen molar-refractivity contribution in [2.24, 2.45) is 11.8 Å². The van der Waals surface area contributed by atoms with Gasteiger partial charge in [-0.25, -0.2) is 0 Å². The van der Waals surface area contributed by atoms with E-state index in [1.165, 1.54) is 57.8 Å². The van der Waals surface area contributed by atoms with Crippen molar-refractivity contribution in [1.29, 1.82) is 5.41 Å². The molecule has 0 aromatic carbocycles. The summed E-state index contributed by atoms with van der Waals surface area (Å²) in [4.78, 5) is 2.24. The van der Waals surface area contributed by atoms with Crippen molar-refractivity contribution in [3.63, 3.8) is 0 Å². The van der Waals surface area contributed by atoms with E-state index in [1.807, 2.05) is 0 Å². The minimum absolute atomic E-state index is 0.577. The summed E-state index contributed by atoms with van der Waals surface area (Å²) in [7, 11) is 2.13. The average Bonchev–Trinajstić information content (AvgIpc) is 2.83. The van der Waals surface area contributed by atoms with Crippen molar-refractivity contribution in [2.45, 2.75) is 57.8 Å². The highest BCUT2D eigenvalue weighted by atomic mass is 15.1. The highest BCUT2D eigenvalue weighted by Gasteiger charge is 2.24. The molecule has 0 heterocycles. The van der Waals surface area contributed by atoms with Crippen LogP contribution in [0.4, 0.5) is 0 Å². The topological polar surface area (TPSA) is 27.1 Å². The Balaban J connectivity index is 1.77. The molecule has 2 aliphatic carbocycles. The number of nitrogens with zero attached hydrogens (tertiary/aromatic N) is 1. The Labute approximate surface area is 99.9 Å². The van der Waals surface area contributed by atoms with E-state index >= 15 is 0 Å². The molecule has 0 spiro atoms. The summed E-state index contributed by atoms with van der Waals surface area (Å²) in [5.74, 6) is 2.36. The highest BCUT2D eigenvalue weighted by molar-refractivity contribution is 5.81. The Kier molecular flexibility index (Phi) is 4.25. The van der Waals surface area contributed by atoms with Crippen LogP contribution in [0.3, 0.4) is 0 Å². The molecule has 0 amide bonds. The second-order valence-electron chi connectivity index (χ2n) is 5.75. The molecular weight excluding hydrogens is 196 g/mol. The summed E-state index contributed by atoms with van der Waals surface area (Å²) in [5.41, 5.74) is 0. The van der Waals surface area contributed by atoms with Crippen molar-refractivity contribution in [3.8, 4) is 0 Å². The Morgan fingerprint density at radius 3 is 2.19 bits per heavy atom. The van der Waals surface area contributed by atoms with Crippen LogP contribution in [0.2, 0.25) is 0 Å². The molecule has 1 N–H and O–H groups in total. The van der Waals surface area contributed by atoms with E-state index < -0.39 is 0 Å². The van der Waals surface area contributed by atoms with Crippen LogP contribution in [0.25, 0.3) is 0 Å². The summed E-state index contributed by atoms with van der Waals surface area (Å²) >= 11 is 0. The van der Waals surface area contributed by atoms with Crippen molar-refractivity contribution < 1.29 is 0 Å². The van der Waals surface area contributed by atoms with Crippen LogP contribution >= 0.6 is 0 Å². The molecule has 2 heteroatoms. The van der Waals surface area contributed by atoms with Crippen LogP contribution in [-0.2, 0) is 0 Å². The lowest BCUT2D eigenvalue weighted by Crippen LogP contribution is -2.35. The summed E-state index contributed by atoms with van der Waals surface area (Å²) in [6.07, 6.45) is 12.2. The molecule has 0 bridgehead atoms. The van der Waals surface area contributed by atoms with Crippen LogP contribution in [-0.4, -0.2) is 24.3 Å². The van der Waals surface area contributed by atoms with Crippen molar-refractivity contribution >= 4 is 5.84 Å². The van der Waals surface area contributed by atoms with Crippen LogP contribution in [0.15, 0.2) is 0 Å². The molecule has 0 atom stereocenters. The van der Waals surface area contributed by atoms with Crippen LogP contribution in [0, 0.1) is 17.2 Å². The molecule has 0 radical (unpaired) electrons. The molecule has 0 aliphatic heterocycles.